The Kier molecular flexibility index (Phi) is 5.05. The molecule has 2 aromatic carbocycles. The summed E-state index contributed by atoms with van der Waals surface area (Å²) >= 11 is 0. The predicted octanol–water partition coefficient (Wildman–Crippen LogP) is 4.48. The van der Waals surface area contributed by atoms with Crippen LogP contribution < -0.4 is 4.74 Å². The number of para-hydroxylation sites is 1. The van der Waals surface area contributed by atoms with Gasteiger partial charge in [0.1, 0.15) is 12.4 Å². The molecule has 4 rings (SSSR count). The molecule has 1 unspecified atom stereocenters. The maximum atomic E-state index is 11.6. The molecule has 0 spiro atoms. The molecule has 0 N–H and O–H groups in total. The topological polar surface area (TPSA) is 48.4 Å². The molecule has 4 nitrogen and oxygen atoms in total. The lowest BCUT2D eigenvalue weighted by molar-refractivity contribution is -0.141. The number of hydrogen-bond donors (Lipinski definition) is 0. The third-order valence-electron chi connectivity index (χ3n) is 5.23. The lowest BCUT2D eigenvalue weighted by atomic mass is 9.82. The highest BCUT2D eigenvalue weighted by molar-refractivity contribution is 5.78. The molecule has 27 heavy (non-hydrogen) atoms. The summed E-state index contributed by atoms with van der Waals surface area (Å²) in [6, 6.07) is 18.4. The van der Waals surface area contributed by atoms with E-state index in [9.17, 15) is 4.79 Å². The largest absolute Gasteiger partial charge is 0.487 e. The maximum absolute atomic E-state index is 11.6. The first-order chi connectivity index (χ1) is 13.2. The minimum absolute atomic E-state index is 0.127. The lowest BCUT2D eigenvalue weighted by Crippen LogP contribution is -2.18. The number of carbonyl (C=O) groups excluding carboxylic acids is 1. The molecule has 1 aliphatic rings. The van der Waals surface area contributed by atoms with Crippen LogP contribution in [0, 0.1) is 5.92 Å². The number of pyridine rings is 1. The van der Waals surface area contributed by atoms with Crippen molar-refractivity contribution >= 4 is 16.9 Å². The molecule has 1 aromatic heterocycles. The van der Waals surface area contributed by atoms with E-state index in [2.05, 4.69) is 29.2 Å². The number of fused-ring (bicyclic) bond motifs is 2. The van der Waals surface area contributed by atoms with Crippen molar-refractivity contribution in [2.75, 3.05) is 7.11 Å². The maximum Gasteiger partial charge on any atom is 0.305 e. The summed E-state index contributed by atoms with van der Waals surface area (Å²) < 4.78 is 10.8. The number of nitrogens with zero attached hydrogens (tertiary/aromatic N) is 1. The SMILES string of the molecule is COC(=O)CC1CCc2ccc(OCc3ccc4ccccc4n3)cc2C1. The minimum Gasteiger partial charge on any atom is -0.487 e. The summed E-state index contributed by atoms with van der Waals surface area (Å²) in [7, 11) is 1.45. The molecular formula is C23H23NO3. The van der Waals surface area contributed by atoms with Gasteiger partial charge in [-0.15, -0.1) is 0 Å². The van der Waals surface area contributed by atoms with Crippen molar-refractivity contribution in [2.45, 2.75) is 32.3 Å². The molecule has 1 heterocycles. The molecule has 0 amide bonds. The van der Waals surface area contributed by atoms with Crippen LogP contribution in [0.5, 0.6) is 5.75 Å². The average Bonchev–Trinajstić information content (AvgIpc) is 2.71. The van der Waals surface area contributed by atoms with E-state index >= 15 is 0 Å². The summed E-state index contributed by atoms with van der Waals surface area (Å²) in [5.41, 5.74) is 4.52. The zero-order valence-electron chi connectivity index (χ0n) is 15.5. The first-order valence-corrected chi connectivity index (χ1v) is 9.37. The Morgan fingerprint density at radius 2 is 2.00 bits per heavy atom. The van der Waals surface area contributed by atoms with Crippen molar-refractivity contribution in [1.29, 1.82) is 0 Å². The van der Waals surface area contributed by atoms with E-state index in [1.807, 2.05) is 30.3 Å². The summed E-state index contributed by atoms with van der Waals surface area (Å²) in [6.07, 6.45) is 3.42. The van der Waals surface area contributed by atoms with Gasteiger partial charge in [-0.25, -0.2) is 4.98 Å². The van der Waals surface area contributed by atoms with E-state index in [1.54, 1.807) is 0 Å². The van der Waals surface area contributed by atoms with Crippen LogP contribution in [0.15, 0.2) is 54.6 Å². The van der Waals surface area contributed by atoms with Crippen molar-refractivity contribution in [3.05, 3.63) is 71.4 Å². The highest BCUT2D eigenvalue weighted by atomic mass is 16.5. The molecule has 0 saturated heterocycles. The van der Waals surface area contributed by atoms with Crippen molar-refractivity contribution in [1.82, 2.24) is 4.98 Å². The van der Waals surface area contributed by atoms with Gasteiger partial charge in [-0.2, -0.15) is 0 Å². The normalized spacial score (nSPS) is 16.0. The van der Waals surface area contributed by atoms with Crippen LogP contribution in [-0.2, 0) is 29.0 Å². The fourth-order valence-corrected chi connectivity index (χ4v) is 3.74. The zero-order valence-corrected chi connectivity index (χ0v) is 15.5. The standard InChI is InChI=1S/C23H23NO3/c1-26-23(25)13-16-6-7-17-9-11-21(14-19(17)12-16)27-15-20-10-8-18-4-2-3-5-22(18)24-20/h2-5,8-11,14,16H,6-7,12-13,15H2,1H3. The highest BCUT2D eigenvalue weighted by Crippen LogP contribution is 2.30. The molecule has 1 atom stereocenters. The van der Waals surface area contributed by atoms with E-state index in [1.165, 1.54) is 18.2 Å². The number of hydrogen-bond acceptors (Lipinski definition) is 4. The smallest absolute Gasteiger partial charge is 0.305 e. The van der Waals surface area contributed by atoms with Gasteiger partial charge in [0.2, 0.25) is 0 Å². The highest BCUT2D eigenvalue weighted by Gasteiger charge is 2.21. The van der Waals surface area contributed by atoms with Gasteiger partial charge in [0.05, 0.1) is 18.3 Å². The van der Waals surface area contributed by atoms with Gasteiger partial charge >= 0.3 is 5.97 Å². The Labute approximate surface area is 159 Å². The molecule has 1 aliphatic carbocycles. The third-order valence-corrected chi connectivity index (χ3v) is 5.23. The Bertz CT molecular complexity index is 967. The van der Waals surface area contributed by atoms with Crippen LogP contribution in [0.2, 0.25) is 0 Å². The molecule has 3 aromatic rings. The first kappa shape index (κ1) is 17.5. The Balaban J connectivity index is 1.44. The Morgan fingerprint density at radius 1 is 1.11 bits per heavy atom. The zero-order chi connectivity index (χ0) is 18.6. The molecule has 0 aliphatic heterocycles. The van der Waals surface area contributed by atoms with Gasteiger partial charge < -0.3 is 9.47 Å². The second-order valence-electron chi connectivity index (χ2n) is 7.10. The molecule has 4 heteroatoms. The van der Waals surface area contributed by atoms with Gasteiger partial charge in [0, 0.05) is 11.8 Å². The number of benzene rings is 2. The fourth-order valence-electron chi connectivity index (χ4n) is 3.74. The molecule has 0 saturated carbocycles. The molecular weight excluding hydrogens is 338 g/mol. The second-order valence-corrected chi connectivity index (χ2v) is 7.10. The molecule has 0 radical (unpaired) electrons. The van der Waals surface area contributed by atoms with Crippen molar-refractivity contribution in [3.8, 4) is 5.75 Å². The fraction of sp³-hybridized carbons (Fsp3) is 0.304. The van der Waals surface area contributed by atoms with Crippen LogP contribution in [0.3, 0.4) is 0 Å². The number of rotatable bonds is 5. The first-order valence-electron chi connectivity index (χ1n) is 9.37. The number of aromatic nitrogens is 1. The van der Waals surface area contributed by atoms with Crippen LogP contribution in [0.25, 0.3) is 10.9 Å². The monoisotopic (exact) mass is 361 g/mol. The minimum atomic E-state index is -0.127. The van der Waals surface area contributed by atoms with Crippen molar-refractivity contribution < 1.29 is 14.3 Å². The molecule has 138 valence electrons. The summed E-state index contributed by atoms with van der Waals surface area (Å²) in [5.74, 6) is 1.07. The van der Waals surface area contributed by atoms with Gasteiger partial charge in [-0.05, 0) is 60.6 Å². The van der Waals surface area contributed by atoms with Crippen LogP contribution in [0.4, 0.5) is 0 Å². The van der Waals surface area contributed by atoms with E-state index in [0.29, 0.717) is 18.9 Å². The quantitative estimate of drug-likeness (QED) is 0.629. The lowest BCUT2D eigenvalue weighted by Gasteiger charge is -2.24. The number of aryl methyl sites for hydroxylation is 1. The van der Waals surface area contributed by atoms with Crippen LogP contribution in [-0.4, -0.2) is 18.1 Å². The number of methoxy groups -OCH3 is 1. The van der Waals surface area contributed by atoms with E-state index < -0.39 is 0 Å². The van der Waals surface area contributed by atoms with Gasteiger partial charge in [0.25, 0.3) is 0 Å². The molecule has 0 fully saturated rings. The van der Waals surface area contributed by atoms with Crippen LogP contribution >= 0.6 is 0 Å². The number of esters is 1. The van der Waals surface area contributed by atoms with Gasteiger partial charge in [-0.3, -0.25) is 4.79 Å². The Hall–Kier alpha value is -2.88. The Morgan fingerprint density at radius 3 is 2.89 bits per heavy atom. The van der Waals surface area contributed by atoms with E-state index in [-0.39, 0.29) is 5.97 Å². The van der Waals surface area contributed by atoms with E-state index in [0.717, 1.165) is 41.6 Å². The van der Waals surface area contributed by atoms with Crippen molar-refractivity contribution in [2.24, 2.45) is 5.92 Å². The van der Waals surface area contributed by atoms with Crippen molar-refractivity contribution in [3.63, 3.8) is 0 Å². The third kappa shape index (κ3) is 4.11. The van der Waals surface area contributed by atoms with E-state index in [4.69, 9.17) is 9.47 Å². The van der Waals surface area contributed by atoms with Crippen LogP contribution in [0.1, 0.15) is 29.7 Å². The summed E-state index contributed by atoms with van der Waals surface area (Å²) in [4.78, 5) is 16.2. The second kappa shape index (κ2) is 7.78. The molecule has 0 bridgehead atoms. The average molecular weight is 361 g/mol. The predicted molar refractivity (Wildman–Crippen MR) is 105 cm³/mol. The van der Waals surface area contributed by atoms with Gasteiger partial charge in [-0.1, -0.05) is 30.3 Å². The summed E-state index contributed by atoms with van der Waals surface area (Å²) in [5, 5.41) is 1.13. The number of carbonyl (C=O) groups is 1. The summed E-state index contributed by atoms with van der Waals surface area (Å²) in [6.45, 7) is 0.440. The number of ether oxygens (including phenoxy) is 2. The van der Waals surface area contributed by atoms with Gasteiger partial charge in [0.15, 0.2) is 0 Å².